The van der Waals surface area contributed by atoms with Gasteiger partial charge in [-0.15, -0.1) is 0 Å². The summed E-state index contributed by atoms with van der Waals surface area (Å²) < 4.78 is 11.6. The van der Waals surface area contributed by atoms with E-state index in [-0.39, 0.29) is 5.16 Å². The Kier molecular flexibility index (Phi) is 3.27. The minimum absolute atomic E-state index is 0.267. The molecule has 0 saturated carbocycles. The molecule has 3 N–H and O–H groups in total. The first-order valence-electron chi connectivity index (χ1n) is 6.19. The van der Waals surface area contributed by atoms with E-state index in [4.69, 9.17) is 5.73 Å². The van der Waals surface area contributed by atoms with Gasteiger partial charge in [0.2, 0.25) is 5.16 Å². The molecule has 0 bridgehead atoms. The van der Waals surface area contributed by atoms with E-state index in [1.165, 1.54) is 5.56 Å². The topological polar surface area (TPSA) is 84.1 Å². The number of aromatic nitrogens is 2. The molecule has 2 aromatic rings. The monoisotopic (exact) mass is 289 g/mol. The number of hydrogen-bond donors (Lipinski definition) is 2. The van der Waals surface area contributed by atoms with Crippen LogP contribution < -0.4 is 16.0 Å². The van der Waals surface area contributed by atoms with Crippen LogP contribution in [0.5, 0.6) is 0 Å². The van der Waals surface area contributed by atoms with Crippen molar-refractivity contribution >= 4 is 28.1 Å². The Hall–Kier alpha value is -2.15. The van der Waals surface area contributed by atoms with E-state index in [1.54, 1.807) is 6.26 Å². The van der Waals surface area contributed by atoms with Gasteiger partial charge < -0.3 is 16.0 Å². The lowest BCUT2D eigenvalue weighted by Gasteiger charge is -2.17. The summed E-state index contributed by atoms with van der Waals surface area (Å²) in [7, 11) is -1.25. The van der Waals surface area contributed by atoms with Crippen molar-refractivity contribution < 1.29 is 4.21 Å². The van der Waals surface area contributed by atoms with Crippen molar-refractivity contribution in [2.24, 2.45) is 0 Å². The molecule has 1 unspecified atom stereocenters. The lowest BCUT2D eigenvalue weighted by molar-refractivity contribution is 0.679. The summed E-state index contributed by atoms with van der Waals surface area (Å²) in [4.78, 5) is 10.5. The van der Waals surface area contributed by atoms with Gasteiger partial charge in [-0.25, -0.2) is 9.97 Å². The first-order valence-corrected chi connectivity index (χ1v) is 7.74. The molecule has 104 valence electrons. The van der Waals surface area contributed by atoms with E-state index in [2.05, 4.69) is 32.3 Å². The van der Waals surface area contributed by atoms with Crippen LogP contribution in [0.1, 0.15) is 5.56 Å². The van der Waals surface area contributed by atoms with Crippen LogP contribution in [0.2, 0.25) is 0 Å². The van der Waals surface area contributed by atoms with Gasteiger partial charge in [-0.1, -0.05) is 30.3 Å². The second kappa shape index (κ2) is 5.09. The summed E-state index contributed by atoms with van der Waals surface area (Å²) in [5.74, 6) is 1.06. The fraction of sp³-hybridized carbons (Fsp3) is 0.231. The molecule has 1 aromatic carbocycles. The Labute approximate surface area is 119 Å². The Morgan fingerprint density at radius 1 is 1.35 bits per heavy atom. The molecule has 1 atom stereocenters. The smallest absolute Gasteiger partial charge is 0.222 e. The van der Waals surface area contributed by atoms with Gasteiger partial charge in [0.25, 0.3) is 0 Å². The first-order chi connectivity index (χ1) is 9.65. The standard InChI is InChI=1S/C13H15N5OS/c1-20(19)13-16-11(14)10-12(17-13)18(8-15-10)7-9-5-3-2-4-6-9/h2-6,15H,7-8H2,1H3,(H2,14,16,17). The van der Waals surface area contributed by atoms with E-state index < -0.39 is 10.8 Å². The molecule has 0 spiro atoms. The van der Waals surface area contributed by atoms with Crippen LogP contribution in [0.4, 0.5) is 17.3 Å². The highest BCUT2D eigenvalue weighted by molar-refractivity contribution is 7.84. The van der Waals surface area contributed by atoms with E-state index in [9.17, 15) is 4.21 Å². The highest BCUT2D eigenvalue weighted by Gasteiger charge is 2.25. The number of nitrogens with two attached hydrogens (primary N) is 1. The van der Waals surface area contributed by atoms with Crippen LogP contribution in [0.3, 0.4) is 0 Å². The average molecular weight is 289 g/mol. The first kappa shape index (κ1) is 12.9. The lowest BCUT2D eigenvalue weighted by Crippen LogP contribution is -2.22. The maximum absolute atomic E-state index is 11.6. The average Bonchev–Trinajstić information content (AvgIpc) is 2.84. The molecule has 0 fully saturated rings. The molecule has 7 heteroatoms. The molecule has 1 aromatic heterocycles. The minimum atomic E-state index is -1.25. The summed E-state index contributed by atoms with van der Waals surface area (Å²) in [6.07, 6.45) is 1.55. The van der Waals surface area contributed by atoms with Gasteiger partial charge in [0.1, 0.15) is 5.69 Å². The third-order valence-electron chi connectivity index (χ3n) is 3.12. The maximum atomic E-state index is 11.6. The fourth-order valence-corrected chi connectivity index (χ4v) is 2.60. The highest BCUT2D eigenvalue weighted by atomic mass is 32.2. The number of nitrogens with zero attached hydrogens (tertiary/aromatic N) is 3. The zero-order valence-electron chi connectivity index (χ0n) is 11.0. The molecule has 1 aliphatic heterocycles. The van der Waals surface area contributed by atoms with Crippen LogP contribution in [0, 0.1) is 0 Å². The van der Waals surface area contributed by atoms with E-state index >= 15 is 0 Å². The van der Waals surface area contributed by atoms with Gasteiger partial charge >= 0.3 is 0 Å². The molecule has 0 radical (unpaired) electrons. The zero-order chi connectivity index (χ0) is 14.1. The van der Waals surface area contributed by atoms with Gasteiger partial charge in [0.05, 0.1) is 17.5 Å². The van der Waals surface area contributed by atoms with E-state index in [1.807, 2.05) is 18.2 Å². The Morgan fingerprint density at radius 3 is 2.80 bits per heavy atom. The Balaban J connectivity index is 1.94. The van der Waals surface area contributed by atoms with Crippen molar-refractivity contribution in [3.63, 3.8) is 0 Å². The Morgan fingerprint density at radius 2 is 2.10 bits per heavy atom. The van der Waals surface area contributed by atoms with Crippen molar-refractivity contribution in [2.45, 2.75) is 11.7 Å². The van der Waals surface area contributed by atoms with Gasteiger partial charge in [-0.3, -0.25) is 4.21 Å². The van der Waals surface area contributed by atoms with Crippen molar-refractivity contribution in [1.82, 2.24) is 9.97 Å². The number of nitrogen functional groups attached to an aromatic ring is 1. The van der Waals surface area contributed by atoms with Gasteiger partial charge in [0.15, 0.2) is 11.6 Å². The summed E-state index contributed by atoms with van der Waals surface area (Å²) in [6.45, 7) is 1.33. The molecule has 1 aliphatic rings. The molecule has 6 nitrogen and oxygen atoms in total. The highest BCUT2D eigenvalue weighted by Crippen LogP contribution is 2.34. The molecule has 0 amide bonds. The van der Waals surface area contributed by atoms with Crippen LogP contribution in [-0.2, 0) is 17.3 Å². The zero-order valence-corrected chi connectivity index (χ0v) is 11.9. The maximum Gasteiger partial charge on any atom is 0.222 e. The van der Waals surface area contributed by atoms with Crippen LogP contribution >= 0.6 is 0 Å². The summed E-state index contributed by atoms with van der Waals surface area (Å²) in [6, 6.07) is 10.1. The van der Waals surface area contributed by atoms with Gasteiger partial charge in [0, 0.05) is 12.8 Å². The molecular formula is C13H15N5OS. The van der Waals surface area contributed by atoms with Crippen molar-refractivity contribution in [2.75, 3.05) is 28.9 Å². The van der Waals surface area contributed by atoms with Crippen molar-refractivity contribution in [3.05, 3.63) is 35.9 Å². The second-order valence-electron chi connectivity index (χ2n) is 4.56. The van der Waals surface area contributed by atoms with Crippen molar-refractivity contribution in [1.29, 1.82) is 0 Å². The SMILES string of the molecule is CS(=O)c1nc(N)c2c(n1)N(Cc1ccccc1)CN2. The van der Waals surface area contributed by atoms with E-state index in [0.29, 0.717) is 24.8 Å². The number of benzene rings is 1. The van der Waals surface area contributed by atoms with Gasteiger partial charge in [-0.05, 0) is 5.56 Å². The van der Waals surface area contributed by atoms with E-state index in [0.717, 1.165) is 5.69 Å². The lowest BCUT2D eigenvalue weighted by atomic mass is 10.2. The minimum Gasteiger partial charge on any atom is -0.382 e. The molecule has 0 aliphatic carbocycles. The quantitative estimate of drug-likeness (QED) is 0.826. The molecule has 2 heterocycles. The predicted molar refractivity (Wildman–Crippen MR) is 79.9 cm³/mol. The largest absolute Gasteiger partial charge is 0.382 e. The number of anilines is 3. The predicted octanol–water partition coefficient (Wildman–Crippen LogP) is 1.19. The molecule has 20 heavy (non-hydrogen) atoms. The third kappa shape index (κ3) is 2.32. The van der Waals surface area contributed by atoms with Crippen LogP contribution in [-0.4, -0.2) is 27.1 Å². The summed E-state index contributed by atoms with van der Waals surface area (Å²) >= 11 is 0. The third-order valence-corrected chi connectivity index (χ3v) is 3.81. The molecule has 3 rings (SSSR count). The number of hydrogen-bond acceptors (Lipinski definition) is 6. The molecular weight excluding hydrogens is 274 g/mol. The number of nitrogens with one attached hydrogen (secondary N) is 1. The molecule has 0 saturated heterocycles. The van der Waals surface area contributed by atoms with Crippen LogP contribution in [0.25, 0.3) is 0 Å². The number of rotatable bonds is 3. The number of fused-ring (bicyclic) bond motifs is 1. The Bertz CT molecular complexity index is 661. The fourth-order valence-electron chi connectivity index (χ4n) is 2.16. The normalized spacial score (nSPS) is 14.8. The van der Waals surface area contributed by atoms with Gasteiger partial charge in [-0.2, -0.15) is 0 Å². The van der Waals surface area contributed by atoms with Crippen LogP contribution in [0.15, 0.2) is 35.5 Å². The summed E-state index contributed by atoms with van der Waals surface area (Å²) in [5, 5.41) is 3.45. The summed E-state index contributed by atoms with van der Waals surface area (Å²) in [5.41, 5.74) is 7.79. The van der Waals surface area contributed by atoms with Crippen molar-refractivity contribution in [3.8, 4) is 0 Å². The second-order valence-corrected chi connectivity index (χ2v) is 5.84.